The Labute approximate surface area is 118 Å². The minimum absolute atomic E-state index is 0.257. The zero-order valence-electron chi connectivity index (χ0n) is 11.4. The van der Waals surface area contributed by atoms with Gasteiger partial charge in [-0.15, -0.1) is 0 Å². The highest BCUT2D eigenvalue weighted by Crippen LogP contribution is 2.16. The highest BCUT2D eigenvalue weighted by molar-refractivity contribution is 6.29. The summed E-state index contributed by atoms with van der Waals surface area (Å²) in [4.78, 5) is 8.63. The first-order valence-electron chi connectivity index (χ1n) is 6.32. The summed E-state index contributed by atoms with van der Waals surface area (Å²) in [5, 5.41) is 7.94. The van der Waals surface area contributed by atoms with Crippen LogP contribution in [0.1, 0.15) is 31.2 Å². The second-order valence-corrected chi connectivity index (χ2v) is 5.18. The zero-order valence-corrected chi connectivity index (χ0v) is 12.1. The lowest BCUT2D eigenvalue weighted by Crippen LogP contribution is -2.12. The van der Waals surface area contributed by atoms with Crippen molar-refractivity contribution >= 4 is 17.4 Å². The van der Waals surface area contributed by atoms with Gasteiger partial charge >= 0.3 is 0 Å². The molecule has 0 saturated carbocycles. The second-order valence-electron chi connectivity index (χ2n) is 4.80. The first kappa shape index (κ1) is 13.8. The van der Waals surface area contributed by atoms with Gasteiger partial charge in [0.25, 0.3) is 0 Å². The number of nitrogens with zero attached hydrogens (tertiary/aromatic N) is 4. The molecule has 19 heavy (non-hydrogen) atoms. The van der Waals surface area contributed by atoms with Crippen molar-refractivity contribution in [2.24, 2.45) is 0 Å². The lowest BCUT2D eigenvalue weighted by atomic mass is 10.2. The average molecular weight is 280 g/mol. The van der Waals surface area contributed by atoms with Crippen LogP contribution in [0.5, 0.6) is 0 Å². The van der Waals surface area contributed by atoms with Gasteiger partial charge in [0.2, 0.25) is 0 Å². The predicted molar refractivity (Wildman–Crippen MR) is 76.6 cm³/mol. The van der Waals surface area contributed by atoms with Crippen LogP contribution >= 0.6 is 11.6 Å². The van der Waals surface area contributed by atoms with Crippen molar-refractivity contribution < 1.29 is 0 Å². The number of halogens is 1. The Bertz CT molecular complexity index is 550. The molecule has 0 fully saturated rings. The number of aryl methyl sites for hydroxylation is 1. The van der Waals surface area contributed by atoms with E-state index in [1.165, 1.54) is 0 Å². The molecule has 0 bridgehead atoms. The fraction of sp³-hybridized carbons (Fsp3) is 0.462. The van der Waals surface area contributed by atoms with E-state index in [0.717, 1.165) is 30.3 Å². The van der Waals surface area contributed by atoms with Gasteiger partial charge in [-0.1, -0.05) is 25.4 Å². The van der Waals surface area contributed by atoms with Crippen LogP contribution in [0.25, 0.3) is 0 Å². The lowest BCUT2D eigenvalue weighted by Gasteiger charge is -2.09. The third kappa shape index (κ3) is 3.92. The van der Waals surface area contributed by atoms with Gasteiger partial charge < -0.3 is 5.32 Å². The summed E-state index contributed by atoms with van der Waals surface area (Å²) in [6.07, 6.45) is 3.85. The fourth-order valence-electron chi connectivity index (χ4n) is 1.67. The second kappa shape index (κ2) is 6.02. The zero-order chi connectivity index (χ0) is 13.8. The van der Waals surface area contributed by atoms with E-state index in [9.17, 15) is 0 Å². The first-order valence-corrected chi connectivity index (χ1v) is 6.70. The van der Waals surface area contributed by atoms with Gasteiger partial charge in [-0.2, -0.15) is 5.10 Å². The topological polar surface area (TPSA) is 55.6 Å². The third-order valence-electron chi connectivity index (χ3n) is 2.64. The molecule has 0 unspecified atom stereocenters. The van der Waals surface area contributed by atoms with E-state index >= 15 is 0 Å². The van der Waals surface area contributed by atoms with E-state index in [1.807, 2.05) is 37.8 Å². The smallest absolute Gasteiger partial charge is 0.135 e. The van der Waals surface area contributed by atoms with Crippen molar-refractivity contribution in [2.45, 2.75) is 33.2 Å². The third-order valence-corrected chi connectivity index (χ3v) is 2.83. The van der Waals surface area contributed by atoms with Gasteiger partial charge in [-0.05, 0) is 12.5 Å². The Morgan fingerprint density at radius 3 is 2.79 bits per heavy atom. The Balaban J connectivity index is 1.95. The molecule has 0 aromatic carbocycles. The van der Waals surface area contributed by atoms with Gasteiger partial charge in [0.05, 0.1) is 12.7 Å². The maximum Gasteiger partial charge on any atom is 0.135 e. The SMILES string of the molecule is Cc1cnn(CCNc2cc(Cl)nc(C(C)C)n2)c1. The standard InChI is InChI=1S/C13H18ClN5/c1-9(2)13-17-11(14)6-12(18-13)15-4-5-19-8-10(3)7-16-19/h6-9H,4-5H2,1-3H3,(H,15,17,18). The Morgan fingerprint density at radius 2 is 2.16 bits per heavy atom. The summed E-state index contributed by atoms with van der Waals surface area (Å²) >= 11 is 5.98. The molecule has 102 valence electrons. The van der Waals surface area contributed by atoms with Crippen molar-refractivity contribution in [3.05, 3.63) is 35.0 Å². The van der Waals surface area contributed by atoms with Gasteiger partial charge in [-0.3, -0.25) is 4.68 Å². The maximum absolute atomic E-state index is 5.98. The fourth-order valence-corrected chi connectivity index (χ4v) is 1.86. The molecule has 2 rings (SSSR count). The molecular formula is C13H18ClN5. The number of anilines is 1. The van der Waals surface area contributed by atoms with Crippen LogP contribution in [0.4, 0.5) is 5.82 Å². The van der Waals surface area contributed by atoms with Gasteiger partial charge in [-0.25, -0.2) is 9.97 Å². The lowest BCUT2D eigenvalue weighted by molar-refractivity contribution is 0.636. The van der Waals surface area contributed by atoms with E-state index in [4.69, 9.17) is 11.6 Å². The van der Waals surface area contributed by atoms with Crippen LogP contribution in [0.2, 0.25) is 5.15 Å². The van der Waals surface area contributed by atoms with Crippen LogP contribution in [-0.4, -0.2) is 26.3 Å². The molecule has 2 aromatic heterocycles. The van der Waals surface area contributed by atoms with Crippen molar-refractivity contribution in [1.29, 1.82) is 0 Å². The molecule has 0 spiro atoms. The summed E-state index contributed by atoms with van der Waals surface area (Å²) in [5.74, 6) is 1.77. The summed E-state index contributed by atoms with van der Waals surface area (Å²) in [7, 11) is 0. The first-order chi connectivity index (χ1) is 9.04. The summed E-state index contributed by atoms with van der Waals surface area (Å²) in [6, 6.07) is 1.74. The number of hydrogen-bond donors (Lipinski definition) is 1. The highest BCUT2D eigenvalue weighted by atomic mass is 35.5. The van der Waals surface area contributed by atoms with Crippen molar-refractivity contribution in [1.82, 2.24) is 19.7 Å². The van der Waals surface area contributed by atoms with Crippen LogP contribution < -0.4 is 5.32 Å². The molecule has 5 nitrogen and oxygen atoms in total. The molecule has 0 aliphatic rings. The molecule has 0 aliphatic carbocycles. The van der Waals surface area contributed by atoms with Crippen LogP contribution in [0, 0.1) is 6.92 Å². The molecule has 2 heterocycles. The number of hydrogen-bond acceptors (Lipinski definition) is 4. The van der Waals surface area contributed by atoms with Gasteiger partial charge in [0.15, 0.2) is 0 Å². The molecule has 0 amide bonds. The van der Waals surface area contributed by atoms with Crippen LogP contribution in [0.15, 0.2) is 18.5 Å². The maximum atomic E-state index is 5.98. The summed E-state index contributed by atoms with van der Waals surface area (Å²) in [5.41, 5.74) is 1.16. The van der Waals surface area contributed by atoms with Crippen LogP contribution in [0.3, 0.4) is 0 Å². The molecule has 2 aromatic rings. The quantitative estimate of drug-likeness (QED) is 0.855. The largest absolute Gasteiger partial charge is 0.368 e. The summed E-state index contributed by atoms with van der Waals surface area (Å²) in [6.45, 7) is 7.64. The summed E-state index contributed by atoms with van der Waals surface area (Å²) < 4.78 is 1.90. The molecule has 1 N–H and O–H groups in total. The van der Waals surface area contributed by atoms with Crippen LogP contribution in [-0.2, 0) is 6.54 Å². The molecular weight excluding hydrogens is 262 g/mol. The van der Waals surface area contributed by atoms with E-state index in [-0.39, 0.29) is 5.92 Å². The monoisotopic (exact) mass is 279 g/mol. The Kier molecular flexibility index (Phi) is 4.37. The van der Waals surface area contributed by atoms with Crippen molar-refractivity contribution in [2.75, 3.05) is 11.9 Å². The van der Waals surface area contributed by atoms with E-state index in [2.05, 4.69) is 20.4 Å². The minimum Gasteiger partial charge on any atom is -0.368 e. The predicted octanol–water partition coefficient (Wildman–Crippen LogP) is 2.87. The average Bonchev–Trinajstić information content (AvgIpc) is 2.74. The van der Waals surface area contributed by atoms with Gasteiger partial charge in [0, 0.05) is 24.7 Å². The molecule has 0 saturated heterocycles. The number of rotatable bonds is 5. The molecule has 6 heteroatoms. The Morgan fingerprint density at radius 1 is 1.37 bits per heavy atom. The molecule has 0 radical (unpaired) electrons. The van der Waals surface area contributed by atoms with E-state index < -0.39 is 0 Å². The van der Waals surface area contributed by atoms with E-state index in [1.54, 1.807) is 6.07 Å². The number of aromatic nitrogens is 4. The number of nitrogens with one attached hydrogen (secondary N) is 1. The normalized spacial score (nSPS) is 11.0. The van der Waals surface area contributed by atoms with E-state index in [0.29, 0.717) is 5.15 Å². The van der Waals surface area contributed by atoms with Crippen molar-refractivity contribution in [3.8, 4) is 0 Å². The van der Waals surface area contributed by atoms with Crippen molar-refractivity contribution in [3.63, 3.8) is 0 Å². The molecule has 0 atom stereocenters. The highest BCUT2D eigenvalue weighted by Gasteiger charge is 2.06. The van der Waals surface area contributed by atoms with Gasteiger partial charge in [0.1, 0.15) is 16.8 Å². The Hall–Kier alpha value is -1.62. The minimum atomic E-state index is 0.257. The molecule has 0 aliphatic heterocycles.